The number of hydrogen-bond acceptors (Lipinski definition) is 5. The Hall–Kier alpha value is -3.22. The van der Waals surface area contributed by atoms with Crippen LogP contribution in [0.15, 0.2) is 82.6 Å². The minimum absolute atomic E-state index is 0.276. The molecule has 0 aromatic heterocycles. The second-order valence-corrected chi connectivity index (χ2v) is 8.10. The lowest BCUT2D eigenvalue weighted by molar-refractivity contribution is -0.119. The standard InChI is InChI=1S/C24H18ClNO4S/c1-29-19-11-7-6-10-17(19)21-22(31-16-8-4-3-5-9-16)24(28)26(23(21)27)18-14-15(25)12-13-20(18)30-2/h3-14H,1-2H3. The van der Waals surface area contributed by atoms with Gasteiger partial charge in [-0.25, -0.2) is 4.90 Å². The average molecular weight is 452 g/mol. The van der Waals surface area contributed by atoms with Crippen molar-refractivity contribution in [2.75, 3.05) is 19.1 Å². The van der Waals surface area contributed by atoms with E-state index in [9.17, 15) is 9.59 Å². The molecule has 1 heterocycles. The summed E-state index contributed by atoms with van der Waals surface area (Å²) in [4.78, 5) is 29.5. The Morgan fingerprint density at radius 1 is 0.806 bits per heavy atom. The van der Waals surface area contributed by atoms with Gasteiger partial charge in [0.15, 0.2) is 0 Å². The number of imide groups is 1. The van der Waals surface area contributed by atoms with E-state index in [2.05, 4.69) is 0 Å². The minimum Gasteiger partial charge on any atom is -0.496 e. The largest absolute Gasteiger partial charge is 0.496 e. The van der Waals surface area contributed by atoms with Crippen LogP contribution in [-0.2, 0) is 9.59 Å². The maximum absolute atomic E-state index is 13.6. The molecular weight excluding hydrogens is 434 g/mol. The molecule has 0 spiro atoms. The molecule has 0 saturated carbocycles. The molecule has 1 aliphatic heterocycles. The third-order valence-electron chi connectivity index (χ3n) is 4.76. The van der Waals surface area contributed by atoms with E-state index in [1.165, 1.54) is 26.0 Å². The molecule has 7 heteroatoms. The summed E-state index contributed by atoms with van der Waals surface area (Å²) in [6.45, 7) is 0. The van der Waals surface area contributed by atoms with Gasteiger partial charge >= 0.3 is 0 Å². The number of carbonyl (C=O) groups is 2. The first kappa shape index (κ1) is 21.0. The lowest BCUT2D eigenvalue weighted by Gasteiger charge is -2.18. The molecule has 0 N–H and O–H groups in total. The van der Waals surface area contributed by atoms with Crippen LogP contribution in [0, 0.1) is 0 Å². The number of halogens is 1. The number of carbonyl (C=O) groups excluding carboxylic acids is 2. The molecule has 0 fully saturated rings. The number of thioether (sulfide) groups is 1. The van der Waals surface area contributed by atoms with E-state index in [1.54, 1.807) is 36.4 Å². The van der Waals surface area contributed by atoms with Crippen molar-refractivity contribution < 1.29 is 19.1 Å². The molecule has 0 saturated heterocycles. The number of benzene rings is 3. The van der Waals surface area contributed by atoms with Gasteiger partial charge in [0.2, 0.25) is 0 Å². The van der Waals surface area contributed by atoms with E-state index in [-0.39, 0.29) is 5.57 Å². The first-order valence-corrected chi connectivity index (χ1v) is 10.6. The highest BCUT2D eigenvalue weighted by Gasteiger charge is 2.42. The molecule has 0 bridgehead atoms. The van der Waals surface area contributed by atoms with Gasteiger partial charge in [-0.2, -0.15) is 0 Å². The first-order chi connectivity index (χ1) is 15.0. The summed E-state index contributed by atoms with van der Waals surface area (Å²) in [5.74, 6) is -0.0324. The number of anilines is 1. The highest BCUT2D eigenvalue weighted by molar-refractivity contribution is 8.04. The molecule has 31 heavy (non-hydrogen) atoms. The van der Waals surface area contributed by atoms with Gasteiger partial charge in [0.05, 0.1) is 30.4 Å². The van der Waals surface area contributed by atoms with Crippen LogP contribution in [-0.4, -0.2) is 26.0 Å². The number of amides is 2. The van der Waals surface area contributed by atoms with Gasteiger partial charge in [0.25, 0.3) is 11.8 Å². The van der Waals surface area contributed by atoms with Crippen LogP contribution in [0.25, 0.3) is 5.57 Å². The van der Waals surface area contributed by atoms with Crippen molar-refractivity contribution in [2.24, 2.45) is 0 Å². The molecule has 2 amide bonds. The SMILES string of the molecule is COc1ccccc1C1=C(Sc2ccccc2)C(=O)N(c2cc(Cl)ccc2OC)C1=O. The molecule has 1 aliphatic rings. The normalized spacial score (nSPS) is 13.7. The van der Waals surface area contributed by atoms with Crippen molar-refractivity contribution in [1.29, 1.82) is 0 Å². The number of para-hydroxylation sites is 1. The number of nitrogens with zero attached hydrogens (tertiary/aromatic N) is 1. The third-order valence-corrected chi connectivity index (χ3v) is 6.09. The van der Waals surface area contributed by atoms with Crippen LogP contribution in [0.4, 0.5) is 5.69 Å². The Kier molecular flexibility index (Phi) is 6.02. The molecule has 0 radical (unpaired) electrons. The number of ether oxygens (including phenoxy) is 2. The second-order valence-electron chi connectivity index (χ2n) is 6.58. The molecule has 156 valence electrons. The van der Waals surface area contributed by atoms with Gasteiger partial charge in [-0.15, -0.1) is 0 Å². The minimum atomic E-state index is -0.464. The summed E-state index contributed by atoms with van der Waals surface area (Å²) in [5.41, 5.74) is 1.12. The fourth-order valence-electron chi connectivity index (χ4n) is 3.36. The van der Waals surface area contributed by atoms with Gasteiger partial charge < -0.3 is 9.47 Å². The van der Waals surface area contributed by atoms with E-state index in [0.29, 0.717) is 32.7 Å². The van der Waals surface area contributed by atoms with E-state index in [1.807, 2.05) is 36.4 Å². The van der Waals surface area contributed by atoms with Crippen LogP contribution < -0.4 is 14.4 Å². The Labute approximate surface area is 189 Å². The Balaban J connectivity index is 1.90. The summed E-state index contributed by atoms with van der Waals surface area (Å²) in [5, 5.41) is 0.388. The summed E-state index contributed by atoms with van der Waals surface area (Å²) in [7, 11) is 3.01. The molecule has 3 aromatic rings. The fourth-order valence-corrected chi connectivity index (χ4v) is 4.53. The van der Waals surface area contributed by atoms with Crippen molar-refractivity contribution in [3.8, 4) is 11.5 Å². The van der Waals surface area contributed by atoms with E-state index < -0.39 is 11.8 Å². The van der Waals surface area contributed by atoms with E-state index >= 15 is 0 Å². The zero-order chi connectivity index (χ0) is 22.0. The molecule has 3 aromatic carbocycles. The molecule has 0 unspecified atom stereocenters. The lowest BCUT2D eigenvalue weighted by Crippen LogP contribution is -2.31. The van der Waals surface area contributed by atoms with Crippen molar-refractivity contribution in [1.82, 2.24) is 0 Å². The Morgan fingerprint density at radius 2 is 1.48 bits per heavy atom. The van der Waals surface area contributed by atoms with Gasteiger partial charge in [0.1, 0.15) is 11.5 Å². The van der Waals surface area contributed by atoms with E-state index in [0.717, 1.165) is 9.80 Å². The van der Waals surface area contributed by atoms with Crippen molar-refractivity contribution in [2.45, 2.75) is 4.90 Å². The third kappa shape index (κ3) is 3.92. The maximum Gasteiger partial charge on any atom is 0.273 e. The monoisotopic (exact) mass is 451 g/mol. The first-order valence-electron chi connectivity index (χ1n) is 9.38. The summed E-state index contributed by atoms with van der Waals surface area (Å²) in [6.07, 6.45) is 0. The van der Waals surface area contributed by atoms with Crippen LogP contribution in [0.2, 0.25) is 5.02 Å². The van der Waals surface area contributed by atoms with Gasteiger partial charge in [-0.3, -0.25) is 9.59 Å². The molecule has 0 aliphatic carbocycles. The molecular formula is C24H18ClNO4S. The molecule has 0 atom stereocenters. The number of hydrogen-bond donors (Lipinski definition) is 0. The van der Waals surface area contributed by atoms with Gasteiger partial charge in [-0.05, 0) is 36.4 Å². The predicted octanol–water partition coefficient (Wildman–Crippen LogP) is 5.43. The summed E-state index contributed by atoms with van der Waals surface area (Å²) < 4.78 is 10.9. The topological polar surface area (TPSA) is 55.8 Å². The smallest absolute Gasteiger partial charge is 0.273 e. The van der Waals surface area contributed by atoms with Crippen LogP contribution in [0.5, 0.6) is 11.5 Å². The van der Waals surface area contributed by atoms with Gasteiger partial charge in [0, 0.05) is 15.5 Å². The number of methoxy groups -OCH3 is 2. The quantitative estimate of drug-likeness (QED) is 0.467. The highest BCUT2D eigenvalue weighted by Crippen LogP contribution is 2.45. The summed E-state index contributed by atoms with van der Waals surface area (Å²) >= 11 is 7.41. The van der Waals surface area contributed by atoms with E-state index in [4.69, 9.17) is 21.1 Å². The van der Waals surface area contributed by atoms with Crippen LogP contribution in [0.3, 0.4) is 0 Å². The average Bonchev–Trinajstić information content (AvgIpc) is 3.03. The van der Waals surface area contributed by atoms with Gasteiger partial charge in [-0.1, -0.05) is 59.8 Å². The predicted molar refractivity (Wildman–Crippen MR) is 123 cm³/mol. The second kappa shape index (κ2) is 8.88. The fraction of sp³-hybridized carbons (Fsp3) is 0.0833. The van der Waals surface area contributed by atoms with Crippen molar-refractivity contribution in [3.63, 3.8) is 0 Å². The molecule has 4 rings (SSSR count). The lowest BCUT2D eigenvalue weighted by atomic mass is 10.0. The van der Waals surface area contributed by atoms with Crippen LogP contribution >= 0.6 is 23.4 Å². The van der Waals surface area contributed by atoms with Crippen molar-refractivity contribution >= 4 is 46.4 Å². The Morgan fingerprint density at radius 3 is 2.19 bits per heavy atom. The molecule has 5 nitrogen and oxygen atoms in total. The zero-order valence-corrected chi connectivity index (χ0v) is 18.4. The summed E-state index contributed by atoms with van der Waals surface area (Å²) in [6, 6.07) is 21.4. The Bertz CT molecular complexity index is 1190. The van der Waals surface area contributed by atoms with Crippen molar-refractivity contribution in [3.05, 3.63) is 88.3 Å². The maximum atomic E-state index is 13.6. The highest BCUT2D eigenvalue weighted by atomic mass is 35.5. The zero-order valence-electron chi connectivity index (χ0n) is 16.8. The van der Waals surface area contributed by atoms with Crippen LogP contribution in [0.1, 0.15) is 5.56 Å². The number of rotatable bonds is 6.